The number of anilines is 1. The third kappa shape index (κ3) is 1.69. The number of aromatic nitrogens is 3. The highest BCUT2D eigenvalue weighted by Gasteiger charge is 2.13. The summed E-state index contributed by atoms with van der Waals surface area (Å²) >= 11 is 0. The molecule has 0 fully saturated rings. The summed E-state index contributed by atoms with van der Waals surface area (Å²) in [5, 5.41) is 2.20. The van der Waals surface area contributed by atoms with Gasteiger partial charge in [0.25, 0.3) is 0 Å². The molecule has 0 saturated heterocycles. The van der Waals surface area contributed by atoms with Crippen LogP contribution in [0, 0.1) is 6.92 Å². The van der Waals surface area contributed by atoms with Crippen LogP contribution >= 0.6 is 0 Å². The van der Waals surface area contributed by atoms with Crippen LogP contribution in [0.2, 0.25) is 0 Å². The van der Waals surface area contributed by atoms with Crippen molar-refractivity contribution in [2.75, 3.05) is 5.73 Å². The fourth-order valence-electron chi connectivity index (χ4n) is 2.86. The minimum Gasteiger partial charge on any atom is -0.369 e. The molecule has 0 saturated carbocycles. The molecule has 0 aliphatic rings. The van der Waals surface area contributed by atoms with Gasteiger partial charge in [-0.25, -0.2) is 4.98 Å². The number of fused-ring (bicyclic) bond motifs is 2. The summed E-state index contributed by atoms with van der Waals surface area (Å²) in [5.74, 6) is 0.503. The summed E-state index contributed by atoms with van der Waals surface area (Å²) in [6, 6.07) is 14.2. The molecule has 2 N–H and O–H groups in total. The number of imidazole rings is 1. The summed E-state index contributed by atoms with van der Waals surface area (Å²) < 4.78 is 2.02. The molecule has 0 amide bonds. The van der Waals surface area contributed by atoms with Crippen molar-refractivity contribution in [3.8, 4) is 5.69 Å². The summed E-state index contributed by atoms with van der Waals surface area (Å²) in [7, 11) is 0. The number of para-hydroxylation sites is 1. The first-order valence-electron chi connectivity index (χ1n) is 6.82. The van der Waals surface area contributed by atoms with Crippen LogP contribution in [0.1, 0.15) is 5.56 Å². The summed E-state index contributed by atoms with van der Waals surface area (Å²) in [6.07, 6.45) is 3.66. The van der Waals surface area contributed by atoms with Crippen LogP contribution in [-0.2, 0) is 0 Å². The zero-order valence-corrected chi connectivity index (χ0v) is 11.6. The number of nitrogens with two attached hydrogens (primary N) is 1. The Morgan fingerprint density at radius 1 is 1.05 bits per heavy atom. The number of hydrogen-bond acceptors (Lipinski definition) is 3. The van der Waals surface area contributed by atoms with E-state index in [1.165, 1.54) is 0 Å². The normalized spacial score (nSPS) is 11.3. The lowest BCUT2D eigenvalue weighted by molar-refractivity contribution is 1.11. The van der Waals surface area contributed by atoms with Gasteiger partial charge >= 0.3 is 0 Å². The lowest BCUT2D eigenvalue weighted by Gasteiger charge is -2.11. The molecule has 21 heavy (non-hydrogen) atoms. The van der Waals surface area contributed by atoms with E-state index in [-0.39, 0.29) is 0 Å². The highest BCUT2D eigenvalue weighted by Crippen LogP contribution is 2.29. The number of aryl methyl sites for hydroxylation is 1. The summed E-state index contributed by atoms with van der Waals surface area (Å²) in [5.41, 5.74) is 10.3. The molecule has 2 heterocycles. The van der Waals surface area contributed by atoms with Gasteiger partial charge in [-0.05, 0) is 30.7 Å². The summed E-state index contributed by atoms with van der Waals surface area (Å²) in [6.45, 7) is 2.08. The molecular weight excluding hydrogens is 260 g/mol. The van der Waals surface area contributed by atoms with Gasteiger partial charge in [-0.3, -0.25) is 9.55 Å². The molecular formula is C17H14N4. The monoisotopic (exact) mass is 274 g/mol. The van der Waals surface area contributed by atoms with Crippen molar-refractivity contribution in [3.05, 3.63) is 60.4 Å². The van der Waals surface area contributed by atoms with E-state index in [1.807, 2.05) is 41.1 Å². The van der Waals surface area contributed by atoms with E-state index in [0.717, 1.165) is 33.1 Å². The minimum absolute atomic E-state index is 0.503. The van der Waals surface area contributed by atoms with Crippen molar-refractivity contribution < 1.29 is 0 Å². The molecule has 102 valence electrons. The molecule has 4 heteroatoms. The SMILES string of the molecule is Cc1cccc2nc(N)n(-c3cccc4cnccc34)c12. The van der Waals surface area contributed by atoms with Crippen molar-refractivity contribution >= 4 is 27.8 Å². The molecule has 0 bridgehead atoms. The molecule has 0 aliphatic carbocycles. The maximum absolute atomic E-state index is 6.18. The highest BCUT2D eigenvalue weighted by atomic mass is 15.2. The number of hydrogen-bond donors (Lipinski definition) is 1. The van der Waals surface area contributed by atoms with Crippen LogP contribution in [0.15, 0.2) is 54.9 Å². The van der Waals surface area contributed by atoms with Gasteiger partial charge in [0, 0.05) is 23.2 Å². The van der Waals surface area contributed by atoms with E-state index >= 15 is 0 Å². The maximum Gasteiger partial charge on any atom is 0.205 e. The second-order valence-corrected chi connectivity index (χ2v) is 5.12. The number of nitrogens with zero attached hydrogens (tertiary/aromatic N) is 3. The van der Waals surface area contributed by atoms with Crippen molar-refractivity contribution in [1.82, 2.24) is 14.5 Å². The second-order valence-electron chi connectivity index (χ2n) is 5.12. The first-order valence-corrected chi connectivity index (χ1v) is 6.82. The summed E-state index contributed by atoms with van der Waals surface area (Å²) in [4.78, 5) is 8.66. The standard InChI is InChI=1S/C17H14N4/c1-11-4-2-6-14-16(11)21(17(18)20-14)15-7-3-5-12-10-19-9-8-13(12)15/h2-10H,1H3,(H2,18,20). The predicted octanol–water partition coefficient (Wildman–Crippen LogP) is 3.46. The Balaban J connectivity index is 2.17. The van der Waals surface area contributed by atoms with E-state index in [9.17, 15) is 0 Å². The Hall–Kier alpha value is -2.88. The van der Waals surface area contributed by atoms with E-state index in [4.69, 9.17) is 5.73 Å². The van der Waals surface area contributed by atoms with Crippen molar-refractivity contribution in [2.24, 2.45) is 0 Å². The number of nitrogen functional groups attached to an aromatic ring is 1. The molecule has 4 nitrogen and oxygen atoms in total. The van der Waals surface area contributed by atoms with Crippen LogP contribution in [0.25, 0.3) is 27.5 Å². The Morgan fingerprint density at radius 2 is 1.90 bits per heavy atom. The molecule has 4 aromatic rings. The molecule has 2 aromatic carbocycles. The average molecular weight is 274 g/mol. The van der Waals surface area contributed by atoms with Crippen molar-refractivity contribution in [1.29, 1.82) is 0 Å². The van der Waals surface area contributed by atoms with Gasteiger partial charge in [0.15, 0.2) is 0 Å². The molecule has 2 aromatic heterocycles. The third-order valence-electron chi connectivity index (χ3n) is 3.80. The highest BCUT2D eigenvalue weighted by molar-refractivity contribution is 5.93. The van der Waals surface area contributed by atoms with Crippen LogP contribution in [0.3, 0.4) is 0 Å². The van der Waals surface area contributed by atoms with Gasteiger partial charge < -0.3 is 5.73 Å². The lowest BCUT2D eigenvalue weighted by Crippen LogP contribution is -2.02. The topological polar surface area (TPSA) is 56.7 Å². The fraction of sp³-hybridized carbons (Fsp3) is 0.0588. The van der Waals surface area contributed by atoms with Crippen molar-refractivity contribution in [2.45, 2.75) is 6.92 Å². The largest absolute Gasteiger partial charge is 0.369 e. The Kier molecular flexibility index (Phi) is 2.44. The number of rotatable bonds is 1. The van der Waals surface area contributed by atoms with Crippen LogP contribution in [-0.4, -0.2) is 14.5 Å². The predicted molar refractivity (Wildman–Crippen MR) is 85.5 cm³/mol. The molecule has 0 unspecified atom stereocenters. The zero-order chi connectivity index (χ0) is 14.4. The van der Waals surface area contributed by atoms with Gasteiger partial charge in [0.2, 0.25) is 5.95 Å². The number of benzene rings is 2. The Morgan fingerprint density at radius 3 is 2.81 bits per heavy atom. The van der Waals surface area contributed by atoms with E-state index in [2.05, 4.69) is 29.0 Å². The van der Waals surface area contributed by atoms with Gasteiger partial charge in [-0.15, -0.1) is 0 Å². The van der Waals surface area contributed by atoms with Gasteiger partial charge in [-0.1, -0.05) is 24.3 Å². The van der Waals surface area contributed by atoms with Gasteiger partial charge in [0.1, 0.15) is 0 Å². The van der Waals surface area contributed by atoms with E-state index in [0.29, 0.717) is 5.95 Å². The maximum atomic E-state index is 6.18. The molecule has 0 atom stereocenters. The number of pyridine rings is 1. The first-order chi connectivity index (χ1) is 10.3. The van der Waals surface area contributed by atoms with Crippen LogP contribution in [0.4, 0.5) is 5.95 Å². The smallest absolute Gasteiger partial charge is 0.205 e. The molecule has 0 spiro atoms. The van der Waals surface area contributed by atoms with Crippen LogP contribution < -0.4 is 5.73 Å². The van der Waals surface area contributed by atoms with Gasteiger partial charge in [-0.2, -0.15) is 0 Å². The van der Waals surface area contributed by atoms with E-state index in [1.54, 1.807) is 6.20 Å². The Labute approximate surface area is 121 Å². The van der Waals surface area contributed by atoms with Crippen molar-refractivity contribution in [3.63, 3.8) is 0 Å². The Bertz CT molecular complexity index is 964. The minimum atomic E-state index is 0.503. The second kappa shape index (κ2) is 4.31. The van der Waals surface area contributed by atoms with Crippen LogP contribution in [0.5, 0.6) is 0 Å². The first kappa shape index (κ1) is 11.9. The van der Waals surface area contributed by atoms with Gasteiger partial charge in [0.05, 0.1) is 16.7 Å². The lowest BCUT2D eigenvalue weighted by atomic mass is 10.1. The van der Waals surface area contributed by atoms with E-state index < -0.39 is 0 Å². The fourth-order valence-corrected chi connectivity index (χ4v) is 2.86. The third-order valence-corrected chi connectivity index (χ3v) is 3.80. The zero-order valence-electron chi connectivity index (χ0n) is 11.6. The molecule has 0 aliphatic heterocycles. The average Bonchev–Trinajstić information content (AvgIpc) is 2.84. The quantitative estimate of drug-likeness (QED) is 0.578. The molecule has 4 rings (SSSR count). The molecule has 0 radical (unpaired) electrons.